The van der Waals surface area contributed by atoms with Gasteiger partial charge in [-0.25, -0.2) is 0 Å². The summed E-state index contributed by atoms with van der Waals surface area (Å²) in [5, 5.41) is 9.78. The molecule has 5 rings (SSSR count). The van der Waals surface area contributed by atoms with Crippen molar-refractivity contribution in [2.45, 2.75) is 12.5 Å². The van der Waals surface area contributed by atoms with Gasteiger partial charge in [-0.2, -0.15) is 5.10 Å². The number of H-pyrrole nitrogens is 1. The lowest BCUT2D eigenvalue weighted by Crippen LogP contribution is -2.31. The first kappa shape index (κ1) is 14.8. The average molecular weight is 349 g/mol. The first-order chi connectivity index (χ1) is 12.8. The molecule has 0 saturated carbocycles. The van der Waals surface area contributed by atoms with Gasteiger partial charge in [-0.15, -0.1) is 0 Å². The van der Waals surface area contributed by atoms with Crippen LogP contribution < -0.4 is 19.5 Å². The van der Waals surface area contributed by atoms with E-state index in [2.05, 4.69) is 15.5 Å². The minimum absolute atomic E-state index is 0.215. The van der Waals surface area contributed by atoms with Crippen molar-refractivity contribution in [1.82, 2.24) is 10.2 Å². The molecule has 130 valence electrons. The highest BCUT2D eigenvalue weighted by Gasteiger charge is 2.29. The zero-order valence-electron chi connectivity index (χ0n) is 13.7. The smallest absolute Gasteiger partial charge is 0.266 e. The molecule has 2 N–H and O–H groups in total. The Morgan fingerprint density at radius 2 is 2.00 bits per heavy atom. The van der Waals surface area contributed by atoms with Gasteiger partial charge in [0.05, 0.1) is 6.20 Å². The van der Waals surface area contributed by atoms with Crippen LogP contribution in [0.1, 0.15) is 5.56 Å². The summed E-state index contributed by atoms with van der Waals surface area (Å²) in [7, 11) is 0. The Balaban J connectivity index is 1.36. The fourth-order valence-corrected chi connectivity index (χ4v) is 3.20. The topological polar surface area (TPSA) is 85.5 Å². The summed E-state index contributed by atoms with van der Waals surface area (Å²) in [6, 6.07) is 13.3. The second-order valence-electron chi connectivity index (χ2n) is 6.13. The monoisotopic (exact) mass is 349 g/mol. The molecule has 0 spiro atoms. The van der Waals surface area contributed by atoms with Crippen LogP contribution in [0, 0.1) is 0 Å². The normalized spacial score (nSPS) is 16.8. The number of hydrogen-bond donors (Lipinski definition) is 2. The zero-order valence-corrected chi connectivity index (χ0v) is 13.7. The van der Waals surface area contributed by atoms with Crippen molar-refractivity contribution in [2.75, 3.05) is 12.1 Å². The standard InChI is InChI=1S/C19H15N3O4/c23-19(17-8-12-3-1-2-4-14(12)26-17)21-18-13(9-20-22-18)11-5-6-15-16(7-11)25-10-24-15/h1-7,9,17H,8,10H2,(H2,20,21,22,23)/t17-/m1/s1. The highest BCUT2D eigenvalue weighted by atomic mass is 16.7. The minimum atomic E-state index is -0.555. The molecule has 0 saturated heterocycles. The Hall–Kier alpha value is -3.48. The number of nitrogens with one attached hydrogen (secondary N) is 2. The summed E-state index contributed by atoms with van der Waals surface area (Å²) in [5.41, 5.74) is 2.68. The highest BCUT2D eigenvalue weighted by Crippen LogP contribution is 2.37. The van der Waals surface area contributed by atoms with E-state index in [1.165, 1.54) is 0 Å². The number of ether oxygens (including phenoxy) is 3. The van der Waals surface area contributed by atoms with Crippen LogP contribution in [0.2, 0.25) is 0 Å². The van der Waals surface area contributed by atoms with Gasteiger partial charge in [-0.1, -0.05) is 24.3 Å². The molecule has 2 aliphatic rings. The van der Waals surface area contributed by atoms with E-state index in [-0.39, 0.29) is 12.7 Å². The number of anilines is 1. The molecule has 3 heterocycles. The predicted octanol–water partition coefficient (Wildman–Crippen LogP) is 2.75. The van der Waals surface area contributed by atoms with Crippen molar-refractivity contribution in [3.05, 3.63) is 54.2 Å². The molecule has 1 aromatic heterocycles. The third kappa shape index (κ3) is 2.45. The minimum Gasteiger partial charge on any atom is -0.480 e. The third-order valence-corrected chi connectivity index (χ3v) is 4.51. The number of nitrogens with zero attached hydrogens (tertiary/aromatic N) is 1. The molecule has 7 heteroatoms. The van der Waals surface area contributed by atoms with E-state index in [1.54, 1.807) is 6.20 Å². The van der Waals surface area contributed by atoms with Gasteiger partial charge < -0.3 is 19.5 Å². The lowest BCUT2D eigenvalue weighted by atomic mass is 10.1. The molecule has 7 nitrogen and oxygen atoms in total. The molecule has 0 aliphatic carbocycles. The van der Waals surface area contributed by atoms with Gasteiger partial charge in [-0.05, 0) is 29.3 Å². The number of amides is 1. The lowest BCUT2D eigenvalue weighted by Gasteiger charge is -2.11. The molecule has 0 unspecified atom stereocenters. The Morgan fingerprint density at radius 3 is 2.92 bits per heavy atom. The third-order valence-electron chi connectivity index (χ3n) is 4.51. The summed E-state index contributed by atoms with van der Waals surface area (Å²) in [5.74, 6) is 2.45. The Morgan fingerprint density at radius 1 is 1.12 bits per heavy atom. The molecule has 0 radical (unpaired) electrons. The van der Waals surface area contributed by atoms with Crippen molar-refractivity contribution in [1.29, 1.82) is 0 Å². The van der Waals surface area contributed by atoms with Crippen LogP contribution in [0.4, 0.5) is 5.82 Å². The van der Waals surface area contributed by atoms with Crippen LogP contribution in [0.15, 0.2) is 48.7 Å². The van der Waals surface area contributed by atoms with Crippen LogP contribution in [0.5, 0.6) is 17.2 Å². The summed E-state index contributed by atoms with van der Waals surface area (Å²) >= 11 is 0. The zero-order chi connectivity index (χ0) is 17.5. The SMILES string of the molecule is O=C(Nc1[nH]ncc1-c1ccc2c(c1)OCO2)[C@H]1Cc2ccccc2O1. The Kier molecular flexibility index (Phi) is 3.31. The van der Waals surface area contributed by atoms with Crippen molar-refractivity contribution in [2.24, 2.45) is 0 Å². The predicted molar refractivity (Wildman–Crippen MR) is 93.3 cm³/mol. The van der Waals surface area contributed by atoms with Gasteiger partial charge in [0.25, 0.3) is 5.91 Å². The first-order valence-electron chi connectivity index (χ1n) is 8.27. The van der Waals surface area contributed by atoms with E-state index in [1.807, 2.05) is 42.5 Å². The van der Waals surface area contributed by atoms with E-state index in [0.29, 0.717) is 23.7 Å². The Bertz CT molecular complexity index is 973. The fourth-order valence-electron chi connectivity index (χ4n) is 3.20. The van der Waals surface area contributed by atoms with Gasteiger partial charge >= 0.3 is 0 Å². The second-order valence-corrected chi connectivity index (χ2v) is 6.13. The molecule has 1 amide bonds. The van der Waals surface area contributed by atoms with Crippen molar-refractivity contribution in [3.8, 4) is 28.4 Å². The van der Waals surface area contributed by atoms with Crippen molar-refractivity contribution < 1.29 is 19.0 Å². The largest absolute Gasteiger partial charge is 0.480 e. The van der Waals surface area contributed by atoms with Crippen LogP contribution in [-0.4, -0.2) is 29.0 Å². The van der Waals surface area contributed by atoms with Crippen LogP contribution in [0.3, 0.4) is 0 Å². The molecule has 1 atom stereocenters. The number of benzene rings is 2. The molecule has 3 aromatic rings. The number of para-hydroxylation sites is 1. The molecule has 2 aliphatic heterocycles. The first-order valence-corrected chi connectivity index (χ1v) is 8.27. The average Bonchev–Trinajstić information content (AvgIpc) is 3.39. The Labute approximate surface area is 148 Å². The summed E-state index contributed by atoms with van der Waals surface area (Å²) < 4.78 is 16.5. The summed E-state index contributed by atoms with van der Waals surface area (Å²) in [4.78, 5) is 12.6. The second kappa shape index (κ2) is 5.80. The molecule has 0 bridgehead atoms. The quantitative estimate of drug-likeness (QED) is 0.759. The number of rotatable bonds is 3. The van der Waals surface area contributed by atoms with E-state index in [0.717, 1.165) is 22.4 Å². The molecule has 26 heavy (non-hydrogen) atoms. The van der Waals surface area contributed by atoms with Crippen LogP contribution in [0.25, 0.3) is 11.1 Å². The number of hydrogen-bond acceptors (Lipinski definition) is 5. The molecular weight excluding hydrogens is 334 g/mol. The summed E-state index contributed by atoms with van der Waals surface area (Å²) in [6.45, 7) is 0.216. The maximum atomic E-state index is 12.6. The van der Waals surface area contributed by atoms with Gasteiger partial charge in [0, 0.05) is 12.0 Å². The molecule has 2 aromatic carbocycles. The van der Waals surface area contributed by atoms with Gasteiger partial charge in [-0.3, -0.25) is 9.89 Å². The van der Waals surface area contributed by atoms with Crippen LogP contribution in [-0.2, 0) is 11.2 Å². The maximum absolute atomic E-state index is 12.6. The lowest BCUT2D eigenvalue weighted by molar-refractivity contribution is -0.122. The van der Waals surface area contributed by atoms with Gasteiger partial charge in [0.1, 0.15) is 11.6 Å². The van der Waals surface area contributed by atoms with E-state index in [4.69, 9.17) is 14.2 Å². The van der Waals surface area contributed by atoms with E-state index >= 15 is 0 Å². The number of carbonyl (C=O) groups is 1. The maximum Gasteiger partial charge on any atom is 0.266 e. The summed E-state index contributed by atoms with van der Waals surface area (Å²) in [6.07, 6.45) is 1.66. The number of carbonyl (C=O) groups excluding carboxylic acids is 1. The van der Waals surface area contributed by atoms with Crippen molar-refractivity contribution >= 4 is 11.7 Å². The van der Waals surface area contributed by atoms with Gasteiger partial charge in [0.2, 0.25) is 6.79 Å². The molecular formula is C19H15N3O4. The number of fused-ring (bicyclic) bond motifs is 2. The van der Waals surface area contributed by atoms with Crippen LogP contribution >= 0.6 is 0 Å². The van der Waals surface area contributed by atoms with E-state index < -0.39 is 6.10 Å². The number of aromatic nitrogens is 2. The van der Waals surface area contributed by atoms with E-state index in [9.17, 15) is 4.79 Å². The molecule has 0 fully saturated rings. The fraction of sp³-hybridized carbons (Fsp3) is 0.158. The van der Waals surface area contributed by atoms with Crippen molar-refractivity contribution in [3.63, 3.8) is 0 Å². The number of aromatic amines is 1. The van der Waals surface area contributed by atoms with Gasteiger partial charge in [0.15, 0.2) is 17.6 Å². The highest BCUT2D eigenvalue weighted by molar-refractivity contribution is 5.97.